The van der Waals surface area contributed by atoms with E-state index in [9.17, 15) is 0 Å². The first-order chi connectivity index (χ1) is 8.52. The van der Waals surface area contributed by atoms with Crippen LogP contribution in [-0.4, -0.2) is 9.97 Å². The van der Waals surface area contributed by atoms with Crippen molar-refractivity contribution < 1.29 is 0 Å². The molecule has 0 atom stereocenters. The highest BCUT2D eigenvalue weighted by atomic mass is 35.5. The monoisotopic (exact) mass is 281 g/mol. The lowest BCUT2D eigenvalue weighted by Gasteiger charge is -2.09. The fourth-order valence-corrected chi connectivity index (χ4v) is 1.95. The highest BCUT2D eigenvalue weighted by Crippen LogP contribution is 2.27. The van der Waals surface area contributed by atoms with Crippen LogP contribution >= 0.6 is 23.2 Å². The highest BCUT2D eigenvalue weighted by molar-refractivity contribution is 6.42. The molecule has 18 heavy (non-hydrogen) atoms. The minimum atomic E-state index is 0.392. The fourth-order valence-electron chi connectivity index (χ4n) is 1.65. The van der Waals surface area contributed by atoms with E-state index >= 15 is 0 Å². The van der Waals surface area contributed by atoms with E-state index in [4.69, 9.17) is 28.9 Å². The normalized spacial score (nSPS) is 10.7. The minimum absolute atomic E-state index is 0.392. The summed E-state index contributed by atoms with van der Waals surface area (Å²) in [5.74, 6) is 0.622. The van der Waals surface area contributed by atoms with Gasteiger partial charge >= 0.3 is 0 Å². The van der Waals surface area contributed by atoms with Gasteiger partial charge in [0.1, 0.15) is 0 Å². The molecule has 0 radical (unpaired) electrons. The van der Waals surface area contributed by atoms with Crippen LogP contribution in [0.3, 0.4) is 0 Å². The van der Waals surface area contributed by atoms with Crippen LogP contribution in [0.1, 0.15) is 17.0 Å². The Kier molecular flexibility index (Phi) is 3.85. The Labute approximate surface area is 116 Å². The second-order valence-electron chi connectivity index (χ2n) is 4.04. The molecule has 1 aromatic carbocycles. The Morgan fingerprint density at radius 3 is 2.44 bits per heavy atom. The van der Waals surface area contributed by atoms with Gasteiger partial charge in [-0.05, 0) is 37.6 Å². The van der Waals surface area contributed by atoms with Gasteiger partial charge in [-0.25, -0.2) is 9.97 Å². The van der Waals surface area contributed by atoms with Crippen LogP contribution in [0.25, 0.3) is 11.4 Å². The zero-order chi connectivity index (χ0) is 13.3. The number of nitrogens with zero attached hydrogens (tertiary/aromatic N) is 2. The van der Waals surface area contributed by atoms with E-state index in [0.29, 0.717) is 22.4 Å². The van der Waals surface area contributed by atoms with Crippen molar-refractivity contribution in [1.29, 1.82) is 0 Å². The molecule has 5 heteroatoms. The number of aryl methyl sites for hydroxylation is 1. The topological polar surface area (TPSA) is 51.8 Å². The molecule has 1 aromatic heterocycles. The lowest BCUT2D eigenvalue weighted by molar-refractivity contribution is 0.926. The summed E-state index contributed by atoms with van der Waals surface area (Å²) in [4.78, 5) is 8.91. The summed E-state index contributed by atoms with van der Waals surface area (Å²) in [5.41, 5.74) is 9.32. The number of aromatic nitrogens is 2. The average molecular weight is 282 g/mol. The fraction of sp³-hybridized carbons (Fsp3) is 0.231. The summed E-state index contributed by atoms with van der Waals surface area (Å²) in [5, 5.41) is 1.01. The van der Waals surface area contributed by atoms with E-state index < -0.39 is 0 Å². The summed E-state index contributed by atoms with van der Waals surface area (Å²) in [6.45, 7) is 4.30. The molecule has 0 amide bonds. The predicted molar refractivity (Wildman–Crippen MR) is 74.9 cm³/mol. The summed E-state index contributed by atoms with van der Waals surface area (Å²) in [6.07, 6.45) is 0. The van der Waals surface area contributed by atoms with E-state index in [-0.39, 0.29) is 0 Å². The Balaban J connectivity index is 2.57. The van der Waals surface area contributed by atoms with Gasteiger partial charge in [0.15, 0.2) is 5.82 Å². The molecule has 0 bridgehead atoms. The van der Waals surface area contributed by atoms with Crippen molar-refractivity contribution >= 4 is 23.2 Å². The largest absolute Gasteiger partial charge is 0.325 e. The lowest BCUT2D eigenvalue weighted by atomic mass is 10.1. The molecule has 0 aliphatic carbocycles. The third-order valence-corrected chi connectivity index (χ3v) is 3.60. The zero-order valence-corrected chi connectivity index (χ0v) is 11.7. The quantitative estimate of drug-likeness (QED) is 0.916. The Bertz CT molecular complexity index is 597. The molecule has 2 N–H and O–H groups in total. The second-order valence-corrected chi connectivity index (χ2v) is 4.85. The molecule has 2 rings (SSSR count). The molecule has 0 unspecified atom stereocenters. The standard InChI is InChI=1S/C13H13Cl2N3/c1-7-8(2)17-13(18-12(7)6-16)9-3-4-10(14)11(15)5-9/h3-5H,6,16H2,1-2H3. The first-order valence-corrected chi connectivity index (χ1v) is 6.28. The maximum Gasteiger partial charge on any atom is 0.159 e. The smallest absolute Gasteiger partial charge is 0.159 e. The number of benzene rings is 1. The number of halogens is 2. The first-order valence-electron chi connectivity index (χ1n) is 5.52. The molecule has 0 saturated heterocycles. The van der Waals surface area contributed by atoms with Crippen molar-refractivity contribution in [2.24, 2.45) is 5.73 Å². The molecule has 0 aliphatic rings. The number of hydrogen-bond donors (Lipinski definition) is 1. The van der Waals surface area contributed by atoms with Gasteiger partial charge in [-0.3, -0.25) is 0 Å². The van der Waals surface area contributed by atoms with E-state index in [2.05, 4.69) is 9.97 Å². The van der Waals surface area contributed by atoms with Gasteiger partial charge in [0, 0.05) is 17.8 Å². The molecule has 0 spiro atoms. The summed E-state index contributed by atoms with van der Waals surface area (Å²) >= 11 is 11.9. The Hall–Kier alpha value is -1.16. The molecule has 0 aliphatic heterocycles. The lowest BCUT2D eigenvalue weighted by Crippen LogP contribution is -2.07. The van der Waals surface area contributed by atoms with Crippen molar-refractivity contribution in [3.63, 3.8) is 0 Å². The van der Waals surface area contributed by atoms with Crippen LogP contribution in [0.2, 0.25) is 10.0 Å². The van der Waals surface area contributed by atoms with Gasteiger partial charge in [0.2, 0.25) is 0 Å². The van der Waals surface area contributed by atoms with E-state index in [1.54, 1.807) is 12.1 Å². The minimum Gasteiger partial charge on any atom is -0.325 e. The molecule has 0 saturated carbocycles. The SMILES string of the molecule is Cc1nc(-c2ccc(Cl)c(Cl)c2)nc(CN)c1C. The van der Waals surface area contributed by atoms with Crippen molar-refractivity contribution in [2.75, 3.05) is 0 Å². The molecule has 0 fully saturated rings. The van der Waals surface area contributed by atoms with Crippen LogP contribution in [-0.2, 0) is 6.54 Å². The van der Waals surface area contributed by atoms with Gasteiger partial charge in [0.05, 0.1) is 15.7 Å². The van der Waals surface area contributed by atoms with Gasteiger partial charge in [-0.2, -0.15) is 0 Å². The Morgan fingerprint density at radius 2 is 1.83 bits per heavy atom. The van der Waals surface area contributed by atoms with Gasteiger partial charge in [-0.1, -0.05) is 23.2 Å². The summed E-state index contributed by atoms with van der Waals surface area (Å²) in [6, 6.07) is 5.34. The van der Waals surface area contributed by atoms with E-state index in [0.717, 1.165) is 22.5 Å². The summed E-state index contributed by atoms with van der Waals surface area (Å²) < 4.78 is 0. The first kappa shape index (κ1) is 13.3. The van der Waals surface area contributed by atoms with Gasteiger partial charge in [-0.15, -0.1) is 0 Å². The molecule has 1 heterocycles. The number of hydrogen-bond acceptors (Lipinski definition) is 3. The van der Waals surface area contributed by atoms with Crippen LogP contribution in [0.5, 0.6) is 0 Å². The maximum atomic E-state index is 6.00. The molecule has 94 valence electrons. The molecular formula is C13H13Cl2N3. The Morgan fingerprint density at radius 1 is 1.11 bits per heavy atom. The van der Waals surface area contributed by atoms with Crippen LogP contribution in [0, 0.1) is 13.8 Å². The highest BCUT2D eigenvalue weighted by Gasteiger charge is 2.09. The number of rotatable bonds is 2. The zero-order valence-electron chi connectivity index (χ0n) is 10.2. The van der Waals surface area contributed by atoms with Crippen LogP contribution in [0.4, 0.5) is 0 Å². The van der Waals surface area contributed by atoms with E-state index in [1.165, 1.54) is 0 Å². The third-order valence-electron chi connectivity index (χ3n) is 2.86. The maximum absolute atomic E-state index is 6.00. The van der Waals surface area contributed by atoms with Gasteiger partial charge in [0.25, 0.3) is 0 Å². The van der Waals surface area contributed by atoms with Crippen molar-refractivity contribution in [1.82, 2.24) is 9.97 Å². The van der Waals surface area contributed by atoms with Crippen molar-refractivity contribution in [3.8, 4) is 11.4 Å². The van der Waals surface area contributed by atoms with Gasteiger partial charge < -0.3 is 5.73 Å². The summed E-state index contributed by atoms with van der Waals surface area (Å²) in [7, 11) is 0. The van der Waals surface area contributed by atoms with Crippen LogP contribution in [0.15, 0.2) is 18.2 Å². The third kappa shape index (κ3) is 2.48. The molecule has 2 aromatic rings. The number of nitrogens with two attached hydrogens (primary N) is 1. The van der Waals surface area contributed by atoms with Crippen molar-refractivity contribution in [3.05, 3.63) is 45.2 Å². The molecule has 3 nitrogen and oxygen atoms in total. The predicted octanol–water partition coefficient (Wildman–Crippen LogP) is 3.53. The molecular weight excluding hydrogens is 269 g/mol. The van der Waals surface area contributed by atoms with E-state index in [1.807, 2.05) is 19.9 Å². The second kappa shape index (κ2) is 5.22. The van der Waals surface area contributed by atoms with Crippen molar-refractivity contribution in [2.45, 2.75) is 20.4 Å². The van der Waals surface area contributed by atoms with Crippen LogP contribution < -0.4 is 5.73 Å². The average Bonchev–Trinajstić information content (AvgIpc) is 2.36.